The number of thiazole rings is 1. The summed E-state index contributed by atoms with van der Waals surface area (Å²) < 4.78 is 1.02. The van der Waals surface area contributed by atoms with Crippen LogP contribution in [0.5, 0.6) is 0 Å². The molecule has 28 heavy (non-hydrogen) atoms. The molecule has 0 bridgehead atoms. The van der Waals surface area contributed by atoms with Gasteiger partial charge >= 0.3 is 0 Å². The van der Waals surface area contributed by atoms with Gasteiger partial charge in [0.2, 0.25) is 0 Å². The molecule has 0 saturated carbocycles. The zero-order valence-electron chi connectivity index (χ0n) is 14.0. The topological polar surface area (TPSA) is 47.0 Å². The molecule has 0 fully saturated rings. The zero-order valence-corrected chi connectivity index (χ0v) is 17.2. The summed E-state index contributed by atoms with van der Waals surface area (Å²) in [5, 5.41) is 1.07. The molecule has 1 aliphatic rings. The number of thiophene rings is 1. The van der Waals surface area contributed by atoms with Crippen LogP contribution in [0.1, 0.15) is 25.7 Å². The Morgan fingerprint density at radius 3 is 2.11 bits per heavy atom. The van der Waals surface area contributed by atoms with Gasteiger partial charge in [0.1, 0.15) is 9.84 Å². The third kappa shape index (κ3) is 2.74. The van der Waals surface area contributed by atoms with Crippen LogP contribution in [0, 0.1) is 0 Å². The van der Waals surface area contributed by atoms with Gasteiger partial charge in [-0.05, 0) is 29.8 Å². The van der Waals surface area contributed by atoms with Gasteiger partial charge in [-0.2, -0.15) is 0 Å². The number of ketones is 2. The van der Waals surface area contributed by atoms with E-state index in [1.165, 1.54) is 29.5 Å². The van der Waals surface area contributed by atoms with Crippen molar-refractivity contribution < 1.29 is 9.59 Å². The van der Waals surface area contributed by atoms with Crippen LogP contribution in [0.3, 0.4) is 0 Å². The van der Waals surface area contributed by atoms with E-state index in [1.54, 1.807) is 11.3 Å². The van der Waals surface area contributed by atoms with E-state index < -0.39 is 11.6 Å². The molecule has 136 valence electrons. The van der Waals surface area contributed by atoms with Gasteiger partial charge in [-0.15, -0.1) is 22.7 Å². The average molecular weight is 442 g/mol. The number of halogens is 2. The highest BCUT2D eigenvalue weighted by Gasteiger charge is 2.37. The largest absolute Gasteiger partial charge is 0.288 e. The van der Waals surface area contributed by atoms with E-state index in [4.69, 9.17) is 23.2 Å². The Labute approximate surface area is 177 Å². The molecule has 0 spiro atoms. The maximum atomic E-state index is 12.7. The van der Waals surface area contributed by atoms with Crippen LogP contribution in [-0.4, -0.2) is 16.6 Å². The molecule has 0 amide bonds. The van der Waals surface area contributed by atoms with Crippen molar-refractivity contribution in [1.29, 1.82) is 0 Å². The first-order chi connectivity index (χ1) is 13.5. The fraction of sp³-hybridized carbons (Fsp3) is 0. The van der Waals surface area contributed by atoms with Crippen molar-refractivity contribution in [3.63, 3.8) is 0 Å². The monoisotopic (exact) mass is 441 g/mol. The molecule has 2 heterocycles. The van der Waals surface area contributed by atoms with Gasteiger partial charge in [0.25, 0.3) is 0 Å². The van der Waals surface area contributed by atoms with Crippen molar-refractivity contribution in [2.24, 2.45) is 0 Å². The number of hydrogen-bond acceptors (Lipinski definition) is 5. The smallest absolute Gasteiger partial charge is 0.199 e. The normalized spacial score (nSPS) is 13.4. The highest BCUT2D eigenvalue weighted by atomic mass is 35.5. The first-order valence-corrected chi connectivity index (χ1v) is 10.7. The summed E-state index contributed by atoms with van der Waals surface area (Å²) in [6.45, 7) is 0. The molecular formula is C21H9Cl2NO2S2. The number of Topliss-reactive ketones (excluding diaryl/α,β-unsaturated/α-hetero) is 2. The Kier molecular flexibility index (Phi) is 4.21. The molecule has 1 aliphatic carbocycles. The van der Waals surface area contributed by atoms with E-state index in [2.05, 4.69) is 23.2 Å². The second-order valence-electron chi connectivity index (χ2n) is 6.19. The fourth-order valence-corrected chi connectivity index (χ4v) is 5.84. The molecule has 7 heteroatoms. The van der Waals surface area contributed by atoms with Crippen molar-refractivity contribution in [3.8, 4) is 10.4 Å². The minimum Gasteiger partial charge on any atom is -0.288 e. The number of hydrogen-bond donors (Lipinski definition) is 0. The van der Waals surface area contributed by atoms with Gasteiger partial charge < -0.3 is 0 Å². The third-order valence-corrected chi connectivity index (χ3v) is 7.27. The van der Waals surface area contributed by atoms with Crippen molar-refractivity contribution in [2.75, 3.05) is 0 Å². The van der Waals surface area contributed by atoms with Gasteiger partial charge in [-0.1, -0.05) is 53.5 Å². The van der Waals surface area contributed by atoms with Crippen LogP contribution in [-0.2, 0) is 0 Å². The van der Waals surface area contributed by atoms with E-state index >= 15 is 0 Å². The van der Waals surface area contributed by atoms with Crippen molar-refractivity contribution in [1.82, 2.24) is 4.98 Å². The summed E-state index contributed by atoms with van der Waals surface area (Å²) in [6.07, 6.45) is 1.54. The van der Waals surface area contributed by atoms with E-state index in [0.717, 1.165) is 20.0 Å². The maximum absolute atomic E-state index is 12.7. The molecule has 2 aromatic carbocycles. The quantitative estimate of drug-likeness (QED) is 0.254. The number of rotatable bonds is 2. The molecule has 2 aromatic heterocycles. The first-order valence-electron chi connectivity index (χ1n) is 8.28. The second kappa shape index (κ2) is 6.64. The lowest BCUT2D eigenvalue weighted by Crippen LogP contribution is -2.00. The van der Waals surface area contributed by atoms with Gasteiger partial charge in [0.05, 0.1) is 31.4 Å². The van der Waals surface area contributed by atoms with Crippen LogP contribution in [0.15, 0.2) is 54.1 Å². The van der Waals surface area contributed by atoms with E-state index in [1.807, 2.05) is 18.2 Å². The molecule has 3 nitrogen and oxygen atoms in total. The SMILES string of the molecule is O=C1C(=Cc2nc3sc(-c4ccccc4)cc3s2)C(=O)c2c(Cl)ccc(Cl)c21. The fourth-order valence-electron chi connectivity index (χ4n) is 3.18. The van der Waals surface area contributed by atoms with Crippen molar-refractivity contribution >= 4 is 73.0 Å². The van der Waals surface area contributed by atoms with Crippen LogP contribution in [0.2, 0.25) is 10.0 Å². The van der Waals surface area contributed by atoms with Gasteiger partial charge in [-0.3, -0.25) is 9.59 Å². The number of allylic oxidation sites excluding steroid dienone is 1. The number of fused-ring (bicyclic) bond motifs is 2. The minimum absolute atomic E-state index is 0.0506. The lowest BCUT2D eigenvalue weighted by Gasteiger charge is -2.00. The second-order valence-corrected chi connectivity index (χ2v) is 9.10. The minimum atomic E-state index is -0.406. The first kappa shape index (κ1) is 17.8. The van der Waals surface area contributed by atoms with Crippen LogP contribution in [0.25, 0.3) is 26.0 Å². The highest BCUT2D eigenvalue weighted by molar-refractivity contribution is 7.29. The lowest BCUT2D eigenvalue weighted by atomic mass is 10.1. The highest BCUT2D eigenvalue weighted by Crippen LogP contribution is 2.39. The molecule has 0 aliphatic heterocycles. The maximum Gasteiger partial charge on any atom is 0.199 e. The standard InChI is InChI=1S/C21H9Cl2NO2S2/c22-12-6-7-13(23)18-17(12)19(25)11(20(18)26)8-16-24-21-15(27-16)9-14(28-21)10-4-2-1-3-5-10/h1-9H. The van der Waals surface area contributed by atoms with Gasteiger partial charge in [0.15, 0.2) is 11.6 Å². The Morgan fingerprint density at radius 2 is 1.50 bits per heavy atom. The third-order valence-electron chi connectivity index (χ3n) is 4.48. The van der Waals surface area contributed by atoms with Crippen LogP contribution >= 0.6 is 45.9 Å². The number of benzene rings is 2. The number of carbonyl (C=O) groups excluding carboxylic acids is 2. The van der Waals surface area contributed by atoms with Crippen LogP contribution < -0.4 is 0 Å². The van der Waals surface area contributed by atoms with Gasteiger partial charge in [0, 0.05) is 4.88 Å². The molecular weight excluding hydrogens is 433 g/mol. The molecule has 0 atom stereocenters. The summed E-state index contributed by atoms with van der Waals surface area (Å²) in [5.41, 5.74) is 1.54. The Morgan fingerprint density at radius 1 is 0.857 bits per heavy atom. The predicted octanol–water partition coefficient (Wildman–Crippen LogP) is 6.79. The molecule has 4 aromatic rings. The zero-order chi connectivity index (χ0) is 19.4. The molecule has 0 N–H and O–H groups in total. The average Bonchev–Trinajstić information content (AvgIpc) is 3.32. The predicted molar refractivity (Wildman–Crippen MR) is 116 cm³/mol. The summed E-state index contributed by atoms with van der Waals surface area (Å²) in [4.78, 5) is 32.0. The molecule has 0 saturated heterocycles. The summed E-state index contributed by atoms with van der Waals surface area (Å²) >= 11 is 15.3. The Bertz CT molecular complexity index is 1240. The van der Waals surface area contributed by atoms with Crippen molar-refractivity contribution in [3.05, 3.63) is 80.3 Å². The van der Waals surface area contributed by atoms with E-state index in [9.17, 15) is 9.59 Å². The number of aromatic nitrogens is 1. The molecule has 5 rings (SSSR count). The number of carbonyl (C=O) groups is 2. The summed E-state index contributed by atoms with van der Waals surface area (Å²) in [5.74, 6) is -0.813. The lowest BCUT2D eigenvalue weighted by molar-refractivity contribution is 0.0990. The number of nitrogens with zero attached hydrogens (tertiary/aromatic N) is 1. The Balaban J connectivity index is 1.55. The summed E-state index contributed by atoms with van der Waals surface area (Å²) in [7, 11) is 0. The van der Waals surface area contributed by atoms with Crippen LogP contribution in [0.4, 0.5) is 0 Å². The Hall–Kier alpha value is -2.31. The van der Waals surface area contributed by atoms with E-state index in [0.29, 0.717) is 5.01 Å². The molecule has 0 unspecified atom stereocenters. The van der Waals surface area contributed by atoms with E-state index in [-0.39, 0.29) is 26.7 Å². The molecule has 0 radical (unpaired) electrons. The van der Waals surface area contributed by atoms with Gasteiger partial charge in [-0.25, -0.2) is 4.98 Å². The summed E-state index contributed by atoms with van der Waals surface area (Å²) in [6, 6.07) is 15.2. The van der Waals surface area contributed by atoms with Crippen molar-refractivity contribution in [2.45, 2.75) is 0 Å².